The van der Waals surface area contributed by atoms with Gasteiger partial charge in [-0.2, -0.15) is 0 Å². The Morgan fingerprint density at radius 2 is 2.25 bits per heavy atom. The third kappa shape index (κ3) is 1.38. The topological polar surface area (TPSA) is 73.6 Å². The number of nitrogens with one attached hydrogen (secondary N) is 1. The maximum absolute atomic E-state index is 11.1. The molecule has 90 valence electrons. The van der Waals surface area contributed by atoms with E-state index in [0.717, 1.165) is 12.8 Å². The molecule has 3 N–H and O–H groups in total. The van der Waals surface area contributed by atoms with Gasteiger partial charge in [-0.3, -0.25) is 10.1 Å². The molecule has 0 aromatic heterocycles. The summed E-state index contributed by atoms with van der Waals surface area (Å²) >= 11 is 0. The van der Waals surface area contributed by atoms with Gasteiger partial charge in [-0.15, -0.1) is 0 Å². The minimum atomic E-state index is -0.501. The van der Waals surface area contributed by atoms with Crippen molar-refractivity contribution in [3.05, 3.63) is 0 Å². The van der Waals surface area contributed by atoms with E-state index >= 15 is 0 Å². The smallest absolute Gasteiger partial charge is 0.234 e. The van der Waals surface area contributed by atoms with Crippen LogP contribution in [0.1, 0.15) is 26.7 Å². The molecule has 4 atom stereocenters. The van der Waals surface area contributed by atoms with Crippen molar-refractivity contribution in [2.45, 2.75) is 50.2 Å². The molecule has 0 aromatic rings. The van der Waals surface area contributed by atoms with Crippen molar-refractivity contribution in [3.8, 4) is 0 Å². The van der Waals surface area contributed by atoms with E-state index < -0.39 is 5.79 Å². The first-order valence-electron chi connectivity index (χ1n) is 5.82. The minimum Gasteiger partial charge on any atom is -0.368 e. The number of carbonyl (C=O) groups excluding carboxylic acids is 1. The normalized spacial score (nSPS) is 49.0. The van der Waals surface area contributed by atoms with Crippen molar-refractivity contribution < 1.29 is 14.3 Å². The molecule has 2 aliphatic heterocycles. The number of fused-ring (bicyclic) bond motifs is 1. The van der Waals surface area contributed by atoms with Gasteiger partial charge in [0.1, 0.15) is 6.10 Å². The Balaban J connectivity index is 1.71. The molecule has 3 rings (SSSR count). The van der Waals surface area contributed by atoms with Gasteiger partial charge in [0.25, 0.3) is 0 Å². The van der Waals surface area contributed by atoms with Gasteiger partial charge in [0, 0.05) is 0 Å². The van der Waals surface area contributed by atoms with Crippen LogP contribution >= 0.6 is 0 Å². The predicted octanol–water partition coefficient (Wildman–Crippen LogP) is -0.256. The molecule has 3 unspecified atom stereocenters. The highest BCUT2D eigenvalue weighted by Gasteiger charge is 2.67. The molecule has 0 spiro atoms. The van der Waals surface area contributed by atoms with Gasteiger partial charge < -0.3 is 15.2 Å². The van der Waals surface area contributed by atoms with Crippen LogP contribution in [-0.4, -0.2) is 36.0 Å². The quantitative estimate of drug-likeness (QED) is 0.680. The number of hydrogen-bond donors (Lipinski definition) is 2. The van der Waals surface area contributed by atoms with Crippen LogP contribution in [0.25, 0.3) is 0 Å². The van der Waals surface area contributed by atoms with Gasteiger partial charge in [-0.1, -0.05) is 0 Å². The molecule has 3 aliphatic rings. The molecular weight excluding hydrogens is 208 g/mol. The number of piperidine rings is 1. The summed E-state index contributed by atoms with van der Waals surface area (Å²) in [5.41, 5.74) is 5.27. The molecule has 0 aromatic carbocycles. The zero-order chi connectivity index (χ0) is 11.6. The SMILES string of the molecule is CC1(C)OC[C@H](C23CC2CC(C(N)=O)N3)O1. The summed E-state index contributed by atoms with van der Waals surface area (Å²) in [6, 6.07) is -0.189. The molecule has 3 fully saturated rings. The highest BCUT2D eigenvalue weighted by Crippen LogP contribution is 2.56. The Morgan fingerprint density at radius 3 is 2.75 bits per heavy atom. The molecule has 2 saturated heterocycles. The standard InChI is InChI=1S/C11H18N2O3/c1-10(2)15-5-8(16-10)11-4-6(11)3-7(13-11)9(12)14/h6-8,13H,3-5H2,1-2H3,(H2,12,14)/t6?,7?,8-,11?/m1/s1. The van der Waals surface area contributed by atoms with Crippen LogP contribution in [-0.2, 0) is 14.3 Å². The summed E-state index contributed by atoms with van der Waals surface area (Å²) in [6.07, 6.45) is 1.97. The van der Waals surface area contributed by atoms with Crippen LogP contribution in [0.3, 0.4) is 0 Å². The van der Waals surface area contributed by atoms with Crippen LogP contribution in [0.2, 0.25) is 0 Å². The fourth-order valence-electron chi connectivity index (χ4n) is 3.10. The Hall–Kier alpha value is -0.650. The van der Waals surface area contributed by atoms with Crippen molar-refractivity contribution in [2.75, 3.05) is 6.61 Å². The van der Waals surface area contributed by atoms with Gasteiger partial charge in [-0.05, 0) is 32.6 Å². The largest absolute Gasteiger partial charge is 0.368 e. The Morgan fingerprint density at radius 1 is 1.50 bits per heavy atom. The van der Waals surface area contributed by atoms with E-state index in [-0.39, 0.29) is 23.6 Å². The first-order chi connectivity index (χ1) is 7.43. The first-order valence-corrected chi connectivity index (χ1v) is 5.82. The Bertz CT molecular complexity index is 344. The number of carbonyl (C=O) groups is 1. The maximum atomic E-state index is 11.1. The molecule has 1 saturated carbocycles. The van der Waals surface area contributed by atoms with Crippen molar-refractivity contribution in [3.63, 3.8) is 0 Å². The summed E-state index contributed by atoms with van der Waals surface area (Å²) < 4.78 is 11.4. The fourth-order valence-corrected chi connectivity index (χ4v) is 3.10. The molecule has 16 heavy (non-hydrogen) atoms. The van der Waals surface area contributed by atoms with Crippen molar-refractivity contribution in [1.29, 1.82) is 0 Å². The zero-order valence-electron chi connectivity index (χ0n) is 9.66. The van der Waals surface area contributed by atoms with Crippen LogP contribution in [0.5, 0.6) is 0 Å². The molecular formula is C11H18N2O3. The highest BCUT2D eigenvalue weighted by atomic mass is 16.7. The minimum absolute atomic E-state index is 0.0481. The second-order valence-electron chi connectivity index (χ2n) is 5.59. The number of rotatable bonds is 2. The van der Waals surface area contributed by atoms with Crippen molar-refractivity contribution >= 4 is 5.91 Å². The predicted molar refractivity (Wildman–Crippen MR) is 56.5 cm³/mol. The average Bonchev–Trinajstić information content (AvgIpc) is 2.56. The van der Waals surface area contributed by atoms with E-state index in [1.54, 1.807) is 0 Å². The Kier molecular flexibility index (Phi) is 1.95. The summed E-state index contributed by atoms with van der Waals surface area (Å²) in [5.74, 6) is -0.240. The number of hydrogen-bond acceptors (Lipinski definition) is 4. The first kappa shape index (κ1) is 10.5. The maximum Gasteiger partial charge on any atom is 0.234 e. The van der Waals surface area contributed by atoms with E-state index in [9.17, 15) is 4.79 Å². The number of primary amides is 1. The summed E-state index contributed by atoms with van der Waals surface area (Å²) in [4.78, 5) is 11.1. The van der Waals surface area contributed by atoms with Gasteiger partial charge in [-0.25, -0.2) is 0 Å². The lowest BCUT2D eigenvalue weighted by atomic mass is 10.1. The van der Waals surface area contributed by atoms with Gasteiger partial charge >= 0.3 is 0 Å². The van der Waals surface area contributed by atoms with Crippen molar-refractivity contribution in [1.82, 2.24) is 5.32 Å². The second kappa shape index (κ2) is 2.97. The second-order valence-corrected chi connectivity index (χ2v) is 5.59. The van der Waals surface area contributed by atoms with E-state index in [1.807, 2.05) is 13.8 Å². The highest BCUT2D eigenvalue weighted by molar-refractivity contribution is 5.80. The number of nitrogens with two attached hydrogens (primary N) is 1. The summed E-state index contributed by atoms with van der Waals surface area (Å²) in [5, 5.41) is 3.34. The van der Waals surface area contributed by atoms with Crippen molar-refractivity contribution in [2.24, 2.45) is 11.7 Å². The summed E-state index contributed by atoms with van der Waals surface area (Å²) in [7, 11) is 0. The van der Waals surface area contributed by atoms with E-state index in [2.05, 4.69) is 5.32 Å². The zero-order valence-corrected chi connectivity index (χ0v) is 9.66. The third-order valence-corrected chi connectivity index (χ3v) is 4.04. The Labute approximate surface area is 94.6 Å². The fraction of sp³-hybridized carbons (Fsp3) is 0.909. The molecule has 5 nitrogen and oxygen atoms in total. The van der Waals surface area contributed by atoms with Crippen LogP contribution < -0.4 is 11.1 Å². The van der Waals surface area contributed by atoms with Gasteiger partial charge in [0.15, 0.2) is 5.79 Å². The van der Waals surface area contributed by atoms with Crippen LogP contribution in [0.4, 0.5) is 0 Å². The molecule has 0 radical (unpaired) electrons. The van der Waals surface area contributed by atoms with E-state index in [1.165, 1.54) is 0 Å². The summed E-state index contributed by atoms with van der Waals surface area (Å²) in [6.45, 7) is 4.44. The van der Waals surface area contributed by atoms with E-state index in [0.29, 0.717) is 12.5 Å². The number of ether oxygens (including phenoxy) is 2. The molecule has 1 aliphatic carbocycles. The lowest BCUT2D eigenvalue weighted by molar-refractivity contribution is -0.143. The molecule has 2 heterocycles. The van der Waals surface area contributed by atoms with Crippen LogP contribution in [0, 0.1) is 5.92 Å². The molecule has 0 bridgehead atoms. The average molecular weight is 226 g/mol. The van der Waals surface area contributed by atoms with Gasteiger partial charge in [0.05, 0.1) is 18.2 Å². The van der Waals surface area contributed by atoms with Gasteiger partial charge in [0.2, 0.25) is 5.91 Å². The monoisotopic (exact) mass is 226 g/mol. The molecule has 5 heteroatoms. The lowest BCUT2D eigenvalue weighted by Gasteiger charge is -2.24. The van der Waals surface area contributed by atoms with E-state index in [4.69, 9.17) is 15.2 Å². The lowest BCUT2D eigenvalue weighted by Crippen LogP contribution is -2.49. The number of amides is 1. The molecule has 1 amide bonds. The van der Waals surface area contributed by atoms with Crippen LogP contribution in [0.15, 0.2) is 0 Å². The third-order valence-electron chi connectivity index (χ3n) is 4.04.